The molecule has 1 heterocycles. The standard InChI is InChI=1S/C13H24N2O4/c1-2-10(6-12(16)17)7-14-13(18)15-8-11-4-3-5-19-9-11/h10-11H,2-9H2,1H3,(H,16,17)(H2,14,15,18). The van der Waals surface area contributed by atoms with Gasteiger partial charge < -0.3 is 20.5 Å². The van der Waals surface area contributed by atoms with Gasteiger partial charge >= 0.3 is 12.0 Å². The van der Waals surface area contributed by atoms with Crippen molar-refractivity contribution in [3.63, 3.8) is 0 Å². The molecule has 0 radical (unpaired) electrons. The largest absolute Gasteiger partial charge is 0.481 e. The lowest BCUT2D eigenvalue weighted by Crippen LogP contribution is -2.41. The van der Waals surface area contributed by atoms with Gasteiger partial charge in [0.05, 0.1) is 6.61 Å². The molecular formula is C13H24N2O4. The molecule has 2 atom stereocenters. The van der Waals surface area contributed by atoms with Gasteiger partial charge in [-0.2, -0.15) is 0 Å². The van der Waals surface area contributed by atoms with Gasteiger partial charge in [0.1, 0.15) is 0 Å². The molecule has 6 nitrogen and oxygen atoms in total. The molecule has 1 saturated heterocycles. The van der Waals surface area contributed by atoms with Crippen LogP contribution in [0.25, 0.3) is 0 Å². The first kappa shape index (κ1) is 15.8. The van der Waals surface area contributed by atoms with Crippen LogP contribution in [0.15, 0.2) is 0 Å². The van der Waals surface area contributed by atoms with Crippen LogP contribution in [-0.2, 0) is 9.53 Å². The van der Waals surface area contributed by atoms with E-state index < -0.39 is 5.97 Å². The fraction of sp³-hybridized carbons (Fsp3) is 0.846. The van der Waals surface area contributed by atoms with Crippen LogP contribution >= 0.6 is 0 Å². The summed E-state index contributed by atoms with van der Waals surface area (Å²) in [5.41, 5.74) is 0. The molecule has 110 valence electrons. The van der Waals surface area contributed by atoms with Gasteiger partial charge in [0.15, 0.2) is 0 Å². The fourth-order valence-corrected chi connectivity index (χ4v) is 2.11. The van der Waals surface area contributed by atoms with E-state index in [1.54, 1.807) is 0 Å². The Balaban J connectivity index is 2.13. The van der Waals surface area contributed by atoms with Crippen molar-refractivity contribution < 1.29 is 19.4 Å². The third-order valence-corrected chi connectivity index (χ3v) is 3.40. The minimum Gasteiger partial charge on any atom is -0.481 e. The van der Waals surface area contributed by atoms with Gasteiger partial charge in [-0.25, -0.2) is 4.79 Å². The molecule has 1 aliphatic heterocycles. The number of rotatable bonds is 7. The average molecular weight is 272 g/mol. The second-order valence-corrected chi connectivity index (χ2v) is 5.05. The summed E-state index contributed by atoms with van der Waals surface area (Å²) in [4.78, 5) is 22.2. The zero-order valence-corrected chi connectivity index (χ0v) is 11.5. The van der Waals surface area contributed by atoms with Crippen LogP contribution in [0.4, 0.5) is 4.79 Å². The van der Waals surface area contributed by atoms with Crippen LogP contribution in [0.3, 0.4) is 0 Å². The lowest BCUT2D eigenvalue weighted by Gasteiger charge is -2.22. The van der Waals surface area contributed by atoms with E-state index in [2.05, 4.69) is 10.6 Å². The molecule has 2 amide bonds. The second-order valence-electron chi connectivity index (χ2n) is 5.05. The number of urea groups is 1. The topological polar surface area (TPSA) is 87.7 Å². The molecule has 1 aliphatic rings. The number of hydrogen-bond acceptors (Lipinski definition) is 3. The Morgan fingerprint density at radius 3 is 2.79 bits per heavy atom. The predicted molar refractivity (Wildman–Crippen MR) is 71.0 cm³/mol. The van der Waals surface area contributed by atoms with Crippen LogP contribution in [0, 0.1) is 11.8 Å². The summed E-state index contributed by atoms with van der Waals surface area (Å²) < 4.78 is 5.34. The third-order valence-electron chi connectivity index (χ3n) is 3.40. The van der Waals surface area contributed by atoms with Crippen LogP contribution in [0.5, 0.6) is 0 Å². The maximum atomic E-state index is 11.6. The Morgan fingerprint density at radius 1 is 1.42 bits per heavy atom. The van der Waals surface area contributed by atoms with E-state index in [-0.39, 0.29) is 18.4 Å². The highest BCUT2D eigenvalue weighted by atomic mass is 16.5. The SMILES string of the molecule is CCC(CNC(=O)NCC1CCCOC1)CC(=O)O. The monoisotopic (exact) mass is 272 g/mol. The second kappa shape index (κ2) is 8.74. The zero-order valence-electron chi connectivity index (χ0n) is 11.5. The summed E-state index contributed by atoms with van der Waals surface area (Å²) in [5, 5.41) is 14.2. The summed E-state index contributed by atoms with van der Waals surface area (Å²) >= 11 is 0. The van der Waals surface area contributed by atoms with Gasteiger partial charge in [-0.3, -0.25) is 4.79 Å². The fourth-order valence-electron chi connectivity index (χ4n) is 2.11. The van der Waals surface area contributed by atoms with Crippen LogP contribution in [-0.4, -0.2) is 43.4 Å². The van der Waals surface area contributed by atoms with Crippen molar-refractivity contribution in [1.29, 1.82) is 0 Å². The molecule has 19 heavy (non-hydrogen) atoms. The van der Waals surface area contributed by atoms with Crippen molar-refractivity contribution in [2.24, 2.45) is 11.8 Å². The molecule has 1 fully saturated rings. The molecule has 1 rings (SSSR count). The number of aliphatic carboxylic acids is 1. The normalized spacial score (nSPS) is 20.6. The Labute approximate surface area is 113 Å². The summed E-state index contributed by atoms with van der Waals surface area (Å²) in [7, 11) is 0. The Kier molecular flexibility index (Phi) is 7.25. The number of hydrogen-bond donors (Lipinski definition) is 3. The van der Waals surface area contributed by atoms with Crippen molar-refractivity contribution >= 4 is 12.0 Å². The number of amides is 2. The van der Waals surface area contributed by atoms with Gasteiger partial charge in [0.25, 0.3) is 0 Å². The summed E-state index contributed by atoms with van der Waals surface area (Å²) in [6.07, 6.45) is 2.96. The molecule has 3 N–H and O–H groups in total. The Bertz CT molecular complexity index is 290. The van der Waals surface area contributed by atoms with Gasteiger partial charge in [0.2, 0.25) is 0 Å². The molecule has 0 spiro atoms. The van der Waals surface area contributed by atoms with Crippen LogP contribution < -0.4 is 10.6 Å². The minimum absolute atomic E-state index is 0.0127. The van der Waals surface area contributed by atoms with Crippen LogP contribution in [0.2, 0.25) is 0 Å². The van der Waals surface area contributed by atoms with E-state index in [9.17, 15) is 9.59 Å². The average Bonchev–Trinajstić information content (AvgIpc) is 2.42. The first-order valence-corrected chi connectivity index (χ1v) is 6.93. The van der Waals surface area contributed by atoms with Crippen molar-refractivity contribution in [3.8, 4) is 0 Å². The Morgan fingerprint density at radius 2 is 2.21 bits per heavy atom. The highest BCUT2D eigenvalue weighted by Crippen LogP contribution is 2.12. The number of carboxylic acid groups (broad SMARTS) is 1. The number of carboxylic acids is 1. The van der Waals surface area contributed by atoms with Gasteiger partial charge in [-0.15, -0.1) is 0 Å². The first-order chi connectivity index (χ1) is 9.11. The molecule has 6 heteroatoms. The smallest absolute Gasteiger partial charge is 0.314 e. The van der Waals surface area contributed by atoms with E-state index in [1.807, 2.05) is 6.92 Å². The van der Waals surface area contributed by atoms with E-state index in [4.69, 9.17) is 9.84 Å². The lowest BCUT2D eigenvalue weighted by molar-refractivity contribution is -0.138. The first-order valence-electron chi connectivity index (χ1n) is 6.93. The molecule has 0 aromatic heterocycles. The van der Waals surface area contributed by atoms with Crippen molar-refractivity contribution in [2.75, 3.05) is 26.3 Å². The van der Waals surface area contributed by atoms with Gasteiger partial charge in [0, 0.05) is 26.1 Å². The zero-order chi connectivity index (χ0) is 14.1. The molecule has 0 saturated carbocycles. The van der Waals surface area contributed by atoms with Gasteiger partial charge in [-0.1, -0.05) is 13.3 Å². The molecular weight excluding hydrogens is 248 g/mol. The highest BCUT2D eigenvalue weighted by Gasteiger charge is 2.16. The Hall–Kier alpha value is -1.30. The predicted octanol–water partition coefficient (Wildman–Crippen LogP) is 1.21. The number of nitrogens with one attached hydrogen (secondary N) is 2. The maximum Gasteiger partial charge on any atom is 0.314 e. The van der Waals surface area contributed by atoms with E-state index in [1.165, 1.54) is 0 Å². The molecule has 0 aromatic carbocycles. The maximum absolute atomic E-state index is 11.6. The minimum atomic E-state index is -0.826. The molecule has 2 unspecified atom stereocenters. The van der Waals surface area contributed by atoms with Crippen molar-refractivity contribution in [1.82, 2.24) is 10.6 Å². The number of carbonyl (C=O) groups is 2. The summed E-state index contributed by atoms with van der Waals surface area (Å²) in [6.45, 7) is 4.46. The van der Waals surface area contributed by atoms with E-state index >= 15 is 0 Å². The lowest BCUT2D eigenvalue weighted by atomic mass is 10.0. The van der Waals surface area contributed by atoms with Crippen molar-refractivity contribution in [2.45, 2.75) is 32.6 Å². The van der Waals surface area contributed by atoms with Gasteiger partial charge in [-0.05, 0) is 24.7 Å². The number of ether oxygens (including phenoxy) is 1. The highest BCUT2D eigenvalue weighted by molar-refractivity contribution is 5.74. The molecule has 0 aliphatic carbocycles. The van der Waals surface area contributed by atoms with Crippen molar-refractivity contribution in [3.05, 3.63) is 0 Å². The summed E-state index contributed by atoms with van der Waals surface area (Å²) in [5.74, 6) is -0.449. The molecule has 0 aromatic rings. The van der Waals surface area contributed by atoms with Crippen LogP contribution in [0.1, 0.15) is 32.6 Å². The quantitative estimate of drug-likeness (QED) is 0.650. The summed E-state index contributed by atoms with van der Waals surface area (Å²) in [6, 6.07) is -0.227. The van der Waals surface area contributed by atoms with E-state index in [0.717, 1.165) is 25.9 Å². The van der Waals surface area contributed by atoms with E-state index in [0.29, 0.717) is 25.6 Å². The third kappa shape index (κ3) is 7.00. The molecule has 0 bridgehead atoms. The number of carbonyl (C=O) groups excluding carboxylic acids is 1.